The van der Waals surface area contributed by atoms with Crippen molar-refractivity contribution in [1.82, 2.24) is 0 Å². The third kappa shape index (κ3) is 3.24. The molecule has 17 heavy (non-hydrogen) atoms. The number of nitrogens with zero attached hydrogens (tertiary/aromatic N) is 1. The molecule has 4 heteroatoms. The van der Waals surface area contributed by atoms with Gasteiger partial charge in [0.05, 0.1) is 18.6 Å². The Kier molecular flexibility index (Phi) is 5.05. The predicted molar refractivity (Wildman–Crippen MR) is 68.1 cm³/mol. The summed E-state index contributed by atoms with van der Waals surface area (Å²) in [6.45, 7) is 4.11. The lowest BCUT2D eigenvalue weighted by Crippen LogP contribution is -2.09. The molecule has 1 aromatic rings. The molecule has 0 aliphatic rings. The van der Waals surface area contributed by atoms with Crippen molar-refractivity contribution in [2.45, 2.75) is 31.6 Å². The molecule has 0 N–H and O–H groups in total. The van der Waals surface area contributed by atoms with Gasteiger partial charge in [0.25, 0.3) is 0 Å². The van der Waals surface area contributed by atoms with Crippen LogP contribution in [-0.4, -0.2) is 12.6 Å². The lowest BCUT2D eigenvalue weighted by molar-refractivity contribution is -0.142. The lowest BCUT2D eigenvalue weighted by Gasteiger charge is -2.09. The predicted octanol–water partition coefficient (Wildman–Crippen LogP) is 2.51. The number of carbonyl (C=O) groups excluding carboxylic acids is 1. The maximum Gasteiger partial charge on any atom is 0.310 e. The standard InChI is InChI=1S/C13H15NO2S/c1-3-9-5-6-10(7-12(15)16-4-2)11(8-14)13(9)17/h5-6,17H,3-4,7H2,1-2H3. The van der Waals surface area contributed by atoms with Gasteiger partial charge >= 0.3 is 5.97 Å². The Morgan fingerprint density at radius 2 is 2.06 bits per heavy atom. The Hall–Kier alpha value is -1.47. The zero-order chi connectivity index (χ0) is 12.8. The second-order valence-corrected chi connectivity index (χ2v) is 4.00. The normalized spacial score (nSPS) is 9.76. The fourth-order valence-electron chi connectivity index (χ4n) is 1.60. The monoisotopic (exact) mass is 249 g/mol. The van der Waals surface area contributed by atoms with E-state index in [-0.39, 0.29) is 12.4 Å². The van der Waals surface area contributed by atoms with Crippen molar-refractivity contribution in [1.29, 1.82) is 5.26 Å². The van der Waals surface area contributed by atoms with E-state index in [2.05, 4.69) is 18.7 Å². The molecule has 0 amide bonds. The number of thiol groups is 1. The van der Waals surface area contributed by atoms with Crippen molar-refractivity contribution in [3.8, 4) is 6.07 Å². The number of aryl methyl sites for hydroxylation is 1. The van der Waals surface area contributed by atoms with Gasteiger partial charge in [0.2, 0.25) is 0 Å². The summed E-state index contributed by atoms with van der Waals surface area (Å²) in [5.74, 6) is -0.319. The van der Waals surface area contributed by atoms with Crippen LogP contribution in [0.3, 0.4) is 0 Å². The highest BCUT2D eigenvalue weighted by atomic mass is 32.1. The van der Waals surface area contributed by atoms with Gasteiger partial charge < -0.3 is 4.74 Å². The summed E-state index contributed by atoms with van der Waals surface area (Å²) in [5.41, 5.74) is 2.16. The van der Waals surface area contributed by atoms with Crippen LogP contribution in [0, 0.1) is 11.3 Å². The second kappa shape index (κ2) is 6.31. The number of hydrogen-bond acceptors (Lipinski definition) is 4. The zero-order valence-electron chi connectivity index (χ0n) is 9.99. The van der Waals surface area contributed by atoms with E-state index < -0.39 is 0 Å². The van der Waals surface area contributed by atoms with Crippen LogP contribution < -0.4 is 0 Å². The van der Waals surface area contributed by atoms with Crippen LogP contribution >= 0.6 is 12.6 Å². The quantitative estimate of drug-likeness (QED) is 0.659. The van der Waals surface area contributed by atoms with Gasteiger partial charge in [-0.3, -0.25) is 4.79 Å². The highest BCUT2D eigenvalue weighted by Gasteiger charge is 2.13. The number of carbonyl (C=O) groups is 1. The van der Waals surface area contributed by atoms with Gasteiger partial charge in [-0.2, -0.15) is 5.26 Å². The maximum atomic E-state index is 11.4. The van der Waals surface area contributed by atoms with Crippen LogP contribution in [0.25, 0.3) is 0 Å². The Bertz CT molecular complexity index is 463. The molecule has 90 valence electrons. The molecule has 0 bridgehead atoms. The first-order valence-corrected chi connectivity index (χ1v) is 5.98. The number of rotatable bonds is 4. The summed E-state index contributed by atoms with van der Waals surface area (Å²) in [5, 5.41) is 9.11. The van der Waals surface area contributed by atoms with E-state index in [0.29, 0.717) is 22.6 Å². The van der Waals surface area contributed by atoms with E-state index in [1.807, 2.05) is 13.0 Å². The maximum absolute atomic E-state index is 11.4. The van der Waals surface area contributed by atoms with Crippen molar-refractivity contribution >= 4 is 18.6 Å². The Labute approximate surface area is 107 Å². The van der Waals surface area contributed by atoms with E-state index in [1.54, 1.807) is 13.0 Å². The molecule has 0 heterocycles. The third-order valence-corrected chi connectivity index (χ3v) is 2.99. The van der Waals surface area contributed by atoms with E-state index in [0.717, 1.165) is 12.0 Å². The molecule has 0 radical (unpaired) electrons. The largest absolute Gasteiger partial charge is 0.466 e. The van der Waals surface area contributed by atoms with E-state index >= 15 is 0 Å². The van der Waals surface area contributed by atoms with Gasteiger partial charge in [-0.05, 0) is 24.5 Å². The Morgan fingerprint density at radius 1 is 1.41 bits per heavy atom. The zero-order valence-corrected chi connectivity index (χ0v) is 10.9. The molecule has 0 aliphatic carbocycles. The number of esters is 1. The molecule has 0 saturated carbocycles. The van der Waals surface area contributed by atoms with Crippen molar-refractivity contribution in [2.75, 3.05) is 6.61 Å². The van der Waals surface area contributed by atoms with Crippen LogP contribution in [0.1, 0.15) is 30.5 Å². The number of nitriles is 1. The first-order chi connectivity index (χ1) is 8.13. The molecule has 0 unspecified atom stereocenters. The highest BCUT2D eigenvalue weighted by Crippen LogP contribution is 2.23. The Morgan fingerprint density at radius 3 is 2.59 bits per heavy atom. The molecule has 0 aromatic heterocycles. The molecule has 0 atom stereocenters. The summed E-state index contributed by atoms with van der Waals surface area (Å²) in [4.78, 5) is 12.1. The highest BCUT2D eigenvalue weighted by molar-refractivity contribution is 7.80. The first-order valence-electron chi connectivity index (χ1n) is 5.53. The minimum atomic E-state index is -0.319. The smallest absolute Gasteiger partial charge is 0.310 e. The molecule has 1 aromatic carbocycles. The molecule has 0 aliphatic heterocycles. The molecule has 0 saturated heterocycles. The fraction of sp³-hybridized carbons (Fsp3) is 0.385. The molecule has 0 spiro atoms. The van der Waals surface area contributed by atoms with Crippen molar-refractivity contribution in [3.05, 3.63) is 28.8 Å². The van der Waals surface area contributed by atoms with Gasteiger partial charge in [-0.15, -0.1) is 12.6 Å². The summed E-state index contributed by atoms with van der Waals surface area (Å²) in [7, 11) is 0. The van der Waals surface area contributed by atoms with Gasteiger partial charge in [-0.1, -0.05) is 19.1 Å². The van der Waals surface area contributed by atoms with E-state index in [1.165, 1.54) is 0 Å². The number of ether oxygens (including phenoxy) is 1. The van der Waals surface area contributed by atoms with Crippen LogP contribution in [0.2, 0.25) is 0 Å². The van der Waals surface area contributed by atoms with Gasteiger partial charge in [0.1, 0.15) is 6.07 Å². The molecule has 1 rings (SSSR count). The topological polar surface area (TPSA) is 50.1 Å². The van der Waals surface area contributed by atoms with Gasteiger partial charge in [0, 0.05) is 4.90 Å². The van der Waals surface area contributed by atoms with Crippen LogP contribution in [-0.2, 0) is 22.4 Å². The Balaban J connectivity index is 3.06. The van der Waals surface area contributed by atoms with Crippen LogP contribution in [0.5, 0.6) is 0 Å². The SMILES string of the molecule is CCOC(=O)Cc1ccc(CC)c(S)c1C#N. The van der Waals surface area contributed by atoms with Crippen LogP contribution in [0.15, 0.2) is 17.0 Å². The summed E-state index contributed by atoms with van der Waals surface area (Å²) in [6.07, 6.45) is 0.932. The minimum absolute atomic E-state index is 0.119. The third-order valence-electron chi connectivity index (χ3n) is 2.48. The summed E-state index contributed by atoms with van der Waals surface area (Å²) >= 11 is 4.34. The van der Waals surface area contributed by atoms with Gasteiger partial charge in [-0.25, -0.2) is 0 Å². The summed E-state index contributed by atoms with van der Waals surface area (Å²) in [6, 6.07) is 5.80. The molecular formula is C13H15NO2S. The molecule has 3 nitrogen and oxygen atoms in total. The molecule has 0 fully saturated rings. The fourth-order valence-corrected chi connectivity index (χ4v) is 2.03. The van der Waals surface area contributed by atoms with Crippen LogP contribution in [0.4, 0.5) is 0 Å². The minimum Gasteiger partial charge on any atom is -0.466 e. The molecular weight excluding hydrogens is 234 g/mol. The average molecular weight is 249 g/mol. The van der Waals surface area contributed by atoms with Crippen molar-refractivity contribution in [3.63, 3.8) is 0 Å². The van der Waals surface area contributed by atoms with Crippen molar-refractivity contribution in [2.24, 2.45) is 0 Å². The number of hydrogen-bond donors (Lipinski definition) is 1. The summed E-state index contributed by atoms with van der Waals surface area (Å²) < 4.78 is 4.87. The average Bonchev–Trinajstić information content (AvgIpc) is 2.30. The van der Waals surface area contributed by atoms with E-state index in [4.69, 9.17) is 10.00 Å². The van der Waals surface area contributed by atoms with Gasteiger partial charge in [0.15, 0.2) is 0 Å². The van der Waals surface area contributed by atoms with E-state index in [9.17, 15) is 4.79 Å². The number of benzene rings is 1. The first kappa shape index (κ1) is 13.6. The second-order valence-electron chi connectivity index (χ2n) is 3.55. The lowest BCUT2D eigenvalue weighted by atomic mass is 10.0. The van der Waals surface area contributed by atoms with Crippen molar-refractivity contribution < 1.29 is 9.53 Å².